The van der Waals surface area contributed by atoms with Crippen LogP contribution in [-0.2, 0) is 14.6 Å². The van der Waals surface area contributed by atoms with Crippen molar-refractivity contribution in [1.82, 2.24) is 5.32 Å². The molecule has 0 heterocycles. The summed E-state index contributed by atoms with van der Waals surface area (Å²) < 4.78 is 22.1. The Bertz CT molecular complexity index is 349. The van der Waals surface area contributed by atoms with E-state index in [1.165, 1.54) is 0 Å². The van der Waals surface area contributed by atoms with Crippen LogP contribution in [0.2, 0.25) is 0 Å². The van der Waals surface area contributed by atoms with Crippen molar-refractivity contribution in [2.45, 2.75) is 53.0 Å². The fourth-order valence-electron chi connectivity index (χ4n) is 1.73. The molecule has 108 valence electrons. The summed E-state index contributed by atoms with van der Waals surface area (Å²) in [6.07, 6.45) is 4.17. The summed E-state index contributed by atoms with van der Waals surface area (Å²) in [5, 5.41) is 2.83. The van der Waals surface area contributed by atoms with Gasteiger partial charge in [-0.2, -0.15) is 0 Å². The van der Waals surface area contributed by atoms with Crippen LogP contribution in [0.3, 0.4) is 0 Å². The number of hydrogen-bond acceptors (Lipinski definition) is 3. The van der Waals surface area contributed by atoms with Gasteiger partial charge in [0.25, 0.3) is 0 Å². The highest BCUT2D eigenvalue weighted by atomic mass is 32.2. The first-order chi connectivity index (χ1) is 8.15. The van der Waals surface area contributed by atoms with Gasteiger partial charge in [-0.25, -0.2) is 8.42 Å². The molecule has 2 atom stereocenters. The van der Waals surface area contributed by atoms with E-state index < -0.39 is 15.6 Å². The Morgan fingerprint density at radius 3 is 2.11 bits per heavy atom. The Kier molecular flexibility index (Phi) is 7.52. The molecule has 0 bridgehead atoms. The van der Waals surface area contributed by atoms with Gasteiger partial charge in [0, 0.05) is 12.3 Å². The quantitative estimate of drug-likeness (QED) is 0.738. The maximum atomic E-state index is 11.6. The normalized spacial score (nSPS) is 15.4. The van der Waals surface area contributed by atoms with E-state index in [-0.39, 0.29) is 11.9 Å². The van der Waals surface area contributed by atoms with Gasteiger partial charge < -0.3 is 5.32 Å². The summed E-state index contributed by atoms with van der Waals surface area (Å²) in [5.74, 6) is 0.149. The molecule has 0 aromatic carbocycles. The molecule has 0 aliphatic carbocycles. The zero-order valence-corrected chi connectivity index (χ0v) is 13.0. The molecule has 4 nitrogen and oxygen atoms in total. The van der Waals surface area contributed by atoms with Crippen LogP contribution in [0, 0.1) is 11.8 Å². The van der Waals surface area contributed by atoms with Crippen LogP contribution in [0.5, 0.6) is 0 Å². The van der Waals surface area contributed by atoms with E-state index in [4.69, 9.17) is 0 Å². The summed E-state index contributed by atoms with van der Waals surface area (Å²) in [5.41, 5.74) is 0. The van der Waals surface area contributed by atoms with Gasteiger partial charge in [0.2, 0.25) is 5.91 Å². The van der Waals surface area contributed by atoms with Gasteiger partial charge in [0.15, 0.2) is 9.84 Å². The number of amides is 1. The molecule has 0 spiro atoms. The van der Waals surface area contributed by atoms with E-state index in [2.05, 4.69) is 19.2 Å². The standard InChI is InChI=1S/C13H27NO3S/c1-6-11(4)7-8-12(10(2)3)14-13(15)9-18(5,16)17/h10-12H,6-9H2,1-5H3,(H,14,15). The van der Waals surface area contributed by atoms with E-state index in [1.807, 2.05) is 13.8 Å². The van der Waals surface area contributed by atoms with Crippen LogP contribution in [0.15, 0.2) is 0 Å². The highest BCUT2D eigenvalue weighted by Crippen LogP contribution is 2.15. The van der Waals surface area contributed by atoms with Crippen molar-refractivity contribution in [2.75, 3.05) is 12.0 Å². The van der Waals surface area contributed by atoms with Gasteiger partial charge in [-0.05, 0) is 24.7 Å². The molecule has 0 radical (unpaired) electrons. The van der Waals surface area contributed by atoms with Gasteiger partial charge in [-0.1, -0.05) is 34.1 Å². The summed E-state index contributed by atoms with van der Waals surface area (Å²) in [7, 11) is -3.24. The third-order valence-electron chi connectivity index (χ3n) is 3.21. The van der Waals surface area contributed by atoms with Gasteiger partial charge in [0.05, 0.1) is 0 Å². The number of rotatable bonds is 8. The fourth-order valence-corrected chi connectivity index (χ4v) is 2.29. The molecule has 0 rings (SSSR count). The average Bonchev–Trinajstić information content (AvgIpc) is 2.20. The maximum Gasteiger partial charge on any atom is 0.235 e. The third kappa shape index (κ3) is 8.50. The first kappa shape index (κ1) is 17.4. The van der Waals surface area contributed by atoms with Crippen molar-refractivity contribution in [1.29, 1.82) is 0 Å². The highest BCUT2D eigenvalue weighted by Gasteiger charge is 2.19. The van der Waals surface area contributed by atoms with E-state index in [1.54, 1.807) is 0 Å². The van der Waals surface area contributed by atoms with Crippen molar-refractivity contribution >= 4 is 15.7 Å². The Morgan fingerprint density at radius 1 is 1.17 bits per heavy atom. The molecule has 0 aromatic rings. The largest absolute Gasteiger partial charge is 0.352 e. The van der Waals surface area contributed by atoms with Crippen LogP contribution in [0.1, 0.15) is 47.0 Å². The molecule has 2 unspecified atom stereocenters. The fraction of sp³-hybridized carbons (Fsp3) is 0.923. The molecule has 0 aromatic heterocycles. The second-order valence-electron chi connectivity index (χ2n) is 5.58. The Balaban J connectivity index is 4.32. The SMILES string of the molecule is CCC(C)CCC(NC(=O)CS(C)(=O)=O)C(C)C. The molecule has 1 amide bonds. The first-order valence-electron chi connectivity index (χ1n) is 6.62. The smallest absolute Gasteiger partial charge is 0.235 e. The molecule has 0 saturated heterocycles. The molecule has 0 fully saturated rings. The number of hydrogen-bond donors (Lipinski definition) is 1. The van der Waals surface area contributed by atoms with Crippen molar-refractivity contribution < 1.29 is 13.2 Å². The Morgan fingerprint density at radius 2 is 1.72 bits per heavy atom. The Labute approximate surface area is 111 Å². The van der Waals surface area contributed by atoms with Crippen LogP contribution < -0.4 is 5.32 Å². The average molecular weight is 277 g/mol. The van der Waals surface area contributed by atoms with Crippen molar-refractivity contribution in [3.63, 3.8) is 0 Å². The number of carbonyl (C=O) groups excluding carboxylic acids is 1. The number of nitrogens with one attached hydrogen (secondary N) is 1. The van der Waals surface area contributed by atoms with Gasteiger partial charge >= 0.3 is 0 Å². The summed E-state index contributed by atoms with van der Waals surface area (Å²) in [6.45, 7) is 8.43. The predicted octanol–water partition coefficient (Wildman–Crippen LogP) is 2.00. The number of sulfone groups is 1. The lowest BCUT2D eigenvalue weighted by Gasteiger charge is -2.23. The van der Waals surface area contributed by atoms with Crippen molar-refractivity contribution in [3.8, 4) is 0 Å². The van der Waals surface area contributed by atoms with Crippen LogP contribution in [0.25, 0.3) is 0 Å². The minimum Gasteiger partial charge on any atom is -0.352 e. The van der Waals surface area contributed by atoms with Crippen LogP contribution in [0.4, 0.5) is 0 Å². The van der Waals surface area contributed by atoms with Gasteiger partial charge in [0.1, 0.15) is 5.75 Å². The van der Waals surface area contributed by atoms with Gasteiger partial charge in [-0.15, -0.1) is 0 Å². The minimum absolute atomic E-state index is 0.0632. The Hall–Kier alpha value is -0.580. The zero-order chi connectivity index (χ0) is 14.3. The van der Waals surface area contributed by atoms with Crippen LogP contribution >= 0.6 is 0 Å². The lowest BCUT2D eigenvalue weighted by Crippen LogP contribution is -2.41. The molecule has 0 saturated carbocycles. The molecule has 0 aliphatic heterocycles. The van der Waals surface area contributed by atoms with Gasteiger partial charge in [-0.3, -0.25) is 4.79 Å². The second kappa shape index (κ2) is 7.77. The van der Waals surface area contributed by atoms with Crippen molar-refractivity contribution in [3.05, 3.63) is 0 Å². The maximum absolute atomic E-state index is 11.6. The summed E-state index contributed by atoms with van der Waals surface area (Å²) in [6, 6.07) is 0.0632. The molecule has 1 N–H and O–H groups in total. The summed E-state index contributed by atoms with van der Waals surface area (Å²) in [4.78, 5) is 11.6. The van der Waals surface area contributed by atoms with E-state index >= 15 is 0 Å². The van der Waals surface area contributed by atoms with E-state index in [9.17, 15) is 13.2 Å². The van der Waals surface area contributed by atoms with Crippen molar-refractivity contribution in [2.24, 2.45) is 11.8 Å². The molecule has 5 heteroatoms. The third-order valence-corrected chi connectivity index (χ3v) is 4.00. The van der Waals surface area contributed by atoms with E-state index in [0.29, 0.717) is 11.8 Å². The number of carbonyl (C=O) groups is 1. The lowest BCUT2D eigenvalue weighted by molar-refractivity contribution is -0.119. The first-order valence-corrected chi connectivity index (χ1v) is 8.68. The highest BCUT2D eigenvalue weighted by molar-refractivity contribution is 7.91. The van der Waals surface area contributed by atoms with E-state index in [0.717, 1.165) is 25.5 Å². The zero-order valence-electron chi connectivity index (χ0n) is 12.2. The van der Waals surface area contributed by atoms with Crippen LogP contribution in [-0.4, -0.2) is 32.4 Å². The molecular formula is C13H27NO3S. The molecule has 18 heavy (non-hydrogen) atoms. The minimum atomic E-state index is -3.24. The summed E-state index contributed by atoms with van der Waals surface area (Å²) >= 11 is 0. The monoisotopic (exact) mass is 277 g/mol. The predicted molar refractivity (Wildman–Crippen MR) is 75.2 cm³/mol. The lowest BCUT2D eigenvalue weighted by atomic mass is 9.93. The molecular weight excluding hydrogens is 250 g/mol. The second-order valence-corrected chi connectivity index (χ2v) is 7.72. The topological polar surface area (TPSA) is 63.2 Å². The molecule has 0 aliphatic rings.